The minimum atomic E-state index is 0.309. The van der Waals surface area contributed by atoms with Crippen LogP contribution >= 0.6 is 0 Å². The van der Waals surface area contributed by atoms with Crippen molar-refractivity contribution >= 4 is 13.3 Å². The first kappa shape index (κ1) is 17.8. The molecule has 0 bridgehead atoms. The van der Waals surface area contributed by atoms with Crippen LogP contribution in [0, 0.1) is 0 Å². The Bertz CT molecular complexity index is 778. The van der Waals surface area contributed by atoms with Gasteiger partial charge in [0.25, 0.3) is 0 Å². The second-order valence-electron chi connectivity index (χ2n) is 6.08. The molecule has 0 aromatic heterocycles. The molecule has 4 aromatic carbocycles. The summed E-state index contributed by atoms with van der Waals surface area (Å²) in [5.74, 6) is 0.309. The molecule has 0 nitrogen and oxygen atoms in total. The fraction of sp³-hybridized carbons (Fsp3) is 0.0400. The van der Waals surface area contributed by atoms with Crippen molar-refractivity contribution in [3.8, 4) is 0 Å². The maximum absolute atomic E-state index is 5.36. The van der Waals surface area contributed by atoms with E-state index in [1.165, 1.54) is 16.7 Å². The van der Waals surface area contributed by atoms with Crippen molar-refractivity contribution in [1.29, 1.82) is 0 Å². The molecular weight excluding hydrogens is 311 g/mol. The molecular formula is C25H21B. The standard InChI is InChI=1S/C19H16.C6H5B/c1-4-10-16(11-5-1)19(17-12-6-2-7-13-17)18-14-8-3-9-15-18;7-6-4-2-1-3-5-6/h1-15,19H;1-5H. The molecule has 0 saturated carbocycles. The Morgan fingerprint density at radius 1 is 0.385 bits per heavy atom. The first-order valence-corrected chi connectivity index (χ1v) is 8.80. The van der Waals surface area contributed by atoms with Crippen molar-refractivity contribution in [3.63, 3.8) is 0 Å². The van der Waals surface area contributed by atoms with Crippen LogP contribution in [0.15, 0.2) is 121 Å². The molecule has 0 aliphatic carbocycles. The van der Waals surface area contributed by atoms with Crippen molar-refractivity contribution in [2.75, 3.05) is 0 Å². The molecule has 0 saturated heterocycles. The molecule has 0 aliphatic heterocycles. The summed E-state index contributed by atoms with van der Waals surface area (Å²) in [6, 6.07) is 41.5. The van der Waals surface area contributed by atoms with Crippen LogP contribution in [0.25, 0.3) is 0 Å². The summed E-state index contributed by atoms with van der Waals surface area (Å²) < 4.78 is 0. The summed E-state index contributed by atoms with van der Waals surface area (Å²) in [5, 5.41) is 0. The zero-order valence-electron chi connectivity index (χ0n) is 14.7. The van der Waals surface area contributed by atoms with Gasteiger partial charge in [0, 0.05) is 5.92 Å². The third-order valence-corrected chi connectivity index (χ3v) is 4.20. The molecule has 26 heavy (non-hydrogen) atoms. The van der Waals surface area contributed by atoms with Gasteiger partial charge in [0.15, 0.2) is 0 Å². The first-order valence-electron chi connectivity index (χ1n) is 8.80. The van der Waals surface area contributed by atoms with E-state index in [2.05, 4.69) is 91.0 Å². The van der Waals surface area contributed by atoms with E-state index in [9.17, 15) is 0 Å². The van der Waals surface area contributed by atoms with Crippen LogP contribution in [0.2, 0.25) is 0 Å². The molecule has 4 aromatic rings. The zero-order valence-corrected chi connectivity index (χ0v) is 14.7. The van der Waals surface area contributed by atoms with E-state index in [1.54, 1.807) is 0 Å². The maximum Gasteiger partial charge on any atom is 0.113 e. The summed E-state index contributed by atoms with van der Waals surface area (Å²) in [4.78, 5) is 0. The molecule has 2 radical (unpaired) electrons. The highest BCUT2D eigenvalue weighted by molar-refractivity contribution is 6.32. The van der Waals surface area contributed by atoms with Crippen LogP contribution in [-0.2, 0) is 0 Å². The van der Waals surface area contributed by atoms with Gasteiger partial charge in [0.1, 0.15) is 7.85 Å². The summed E-state index contributed by atoms with van der Waals surface area (Å²) in [6.45, 7) is 0. The highest BCUT2D eigenvalue weighted by Gasteiger charge is 2.15. The monoisotopic (exact) mass is 332 g/mol. The Hall–Kier alpha value is -3.06. The van der Waals surface area contributed by atoms with Gasteiger partial charge < -0.3 is 0 Å². The average Bonchev–Trinajstić information content (AvgIpc) is 2.72. The molecule has 0 unspecified atom stereocenters. The van der Waals surface area contributed by atoms with E-state index in [0.717, 1.165) is 5.46 Å². The van der Waals surface area contributed by atoms with Crippen LogP contribution in [0.4, 0.5) is 0 Å². The highest BCUT2D eigenvalue weighted by Crippen LogP contribution is 2.31. The van der Waals surface area contributed by atoms with Crippen molar-refractivity contribution < 1.29 is 0 Å². The van der Waals surface area contributed by atoms with Gasteiger partial charge in [0.05, 0.1) is 0 Å². The fourth-order valence-corrected chi connectivity index (χ4v) is 2.97. The molecule has 0 fully saturated rings. The summed E-state index contributed by atoms with van der Waals surface area (Å²) >= 11 is 0. The van der Waals surface area contributed by atoms with Gasteiger partial charge in [-0.1, -0.05) is 127 Å². The number of hydrogen-bond acceptors (Lipinski definition) is 0. The lowest BCUT2D eigenvalue weighted by Gasteiger charge is -2.18. The van der Waals surface area contributed by atoms with Crippen molar-refractivity contribution in [1.82, 2.24) is 0 Å². The minimum Gasteiger partial charge on any atom is -0.0967 e. The van der Waals surface area contributed by atoms with Crippen LogP contribution < -0.4 is 5.46 Å². The summed E-state index contributed by atoms with van der Waals surface area (Å²) in [5.41, 5.74) is 4.82. The lowest BCUT2D eigenvalue weighted by molar-refractivity contribution is 0.977. The van der Waals surface area contributed by atoms with E-state index in [-0.39, 0.29) is 0 Å². The summed E-state index contributed by atoms with van der Waals surface area (Å²) in [6.07, 6.45) is 0. The van der Waals surface area contributed by atoms with Gasteiger partial charge in [0.2, 0.25) is 0 Å². The minimum absolute atomic E-state index is 0.309. The third kappa shape index (κ3) is 4.97. The van der Waals surface area contributed by atoms with Crippen LogP contribution in [-0.4, -0.2) is 7.85 Å². The van der Waals surface area contributed by atoms with Gasteiger partial charge in [-0.05, 0) is 16.7 Å². The molecule has 124 valence electrons. The molecule has 4 rings (SSSR count). The maximum atomic E-state index is 5.36. The van der Waals surface area contributed by atoms with Gasteiger partial charge in [-0.3, -0.25) is 0 Å². The van der Waals surface area contributed by atoms with Crippen molar-refractivity contribution in [2.24, 2.45) is 0 Å². The van der Waals surface area contributed by atoms with E-state index in [1.807, 2.05) is 30.3 Å². The zero-order chi connectivity index (χ0) is 18.0. The Morgan fingerprint density at radius 3 is 0.885 bits per heavy atom. The molecule has 0 heterocycles. The molecule has 0 atom stereocenters. The SMILES string of the molecule is [B]c1ccccc1.c1ccc(C(c2ccccc2)c2ccccc2)cc1. The second-order valence-corrected chi connectivity index (χ2v) is 6.08. The Balaban J connectivity index is 0.000000236. The van der Waals surface area contributed by atoms with Crippen LogP contribution in [0.1, 0.15) is 22.6 Å². The Morgan fingerprint density at radius 2 is 0.654 bits per heavy atom. The van der Waals surface area contributed by atoms with E-state index in [4.69, 9.17) is 7.85 Å². The lowest BCUT2D eigenvalue weighted by atomic mass is 9.85. The van der Waals surface area contributed by atoms with E-state index in [0.29, 0.717) is 5.92 Å². The van der Waals surface area contributed by atoms with Gasteiger partial charge in [-0.2, -0.15) is 0 Å². The quantitative estimate of drug-likeness (QED) is 0.351. The highest BCUT2D eigenvalue weighted by atomic mass is 14.2. The second kappa shape index (κ2) is 9.43. The number of hydrogen-bond donors (Lipinski definition) is 0. The third-order valence-electron chi connectivity index (χ3n) is 4.20. The van der Waals surface area contributed by atoms with Gasteiger partial charge >= 0.3 is 0 Å². The molecule has 0 amide bonds. The average molecular weight is 332 g/mol. The summed E-state index contributed by atoms with van der Waals surface area (Å²) in [7, 11) is 5.36. The number of rotatable bonds is 3. The van der Waals surface area contributed by atoms with Crippen molar-refractivity contribution in [3.05, 3.63) is 138 Å². The van der Waals surface area contributed by atoms with Crippen molar-refractivity contribution in [2.45, 2.75) is 5.92 Å². The first-order chi connectivity index (χ1) is 12.8. The fourth-order valence-electron chi connectivity index (χ4n) is 2.97. The Kier molecular flexibility index (Phi) is 6.44. The van der Waals surface area contributed by atoms with Crippen LogP contribution in [0.3, 0.4) is 0 Å². The Labute approximate surface area is 157 Å². The molecule has 0 spiro atoms. The molecule has 0 N–H and O–H groups in total. The topological polar surface area (TPSA) is 0 Å². The largest absolute Gasteiger partial charge is 0.113 e. The van der Waals surface area contributed by atoms with Gasteiger partial charge in [-0.25, -0.2) is 0 Å². The number of benzene rings is 4. The van der Waals surface area contributed by atoms with Gasteiger partial charge in [-0.15, -0.1) is 0 Å². The predicted octanol–water partition coefficient (Wildman–Crippen LogP) is 5.35. The predicted molar refractivity (Wildman–Crippen MR) is 112 cm³/mol. The van der Waals surface area contributed by atoms with Crippen LogP contribution in [0.5, 0.6) is 0 Å². The molecule has 0 aliphatic rings. The molecule has 1 heteroatoms. The lowest BCUT2D eigenvalue weighted by Crippen LogP contribution is -2.02. The van der Waals surface area contributed by atoms with E-state index < -0.39 is 0 Å². The normalized spacial score (nSPS) is 10.0. The smallest absolute Gasteiger partial charge is 0.0967 e. The van der Waals surface area contributed by atoms with E-state index >= 15 is 0 Å².